The van der Waals surface area contributed by atoms with Gasteiger partial charge in [0, 0.05) is 0 Å². The topological polar surface area (TPSA) is 0 Å². The molecular formula is C53H72Hf. The molecule has 2 aliphatic carbocycles. The first-order chi connectivity index (χ1) is 24.4. The van der Waals surface area contributed by atoms with Crippen LogP contribution in [-0.2, 0) is 36.7 Å². The first-order valence-corrected chi connectivity index (χ1v) is 40.9. The summed E-state index contributed by atoms with van der Waals surface area (Å²) in [4.78, 5) is 0. The van der Waals surface area contributed by atoms with E-state index in [0.29, 0.717) is 0 Å². The number of benzene rings is 4. The van der Waals surface area contributed by atoms with Gasteiger partial charge in [-0.15, -0.1) is 0 Å². The number of fused-ring (bicyclic) bond motifs is 2. The van der Waals surface area contributed by atoms with Crippen molar-refractivity contribution in [2.45, 2.75) is 144 Å². The van der Waals surface area contributed by atoms with E-state index in [0.717, 1.165) is 10.6 Å². The van der Waals surface area contributed by atoms with Crippen molar-refractivity contribution in [3.05, 3.63) is 129 Å². The normalized spacial score (nSPS) is 19.5. The fourth-order valence-electron chi connectivity index (χ4n) is 10.7. The Morgan fingerprint density at radius 2 is 0.815 bits per heavy atom. The van der Waals surface area contributed by atoms with Crippen molar-refractivity contribution in [1.29, 1.82) is 0 Å². The van der Waals surface area contributed by atoms with Crippen molar-refractivity contribution < 1.29 is 15.1 Å². The molecule has 0 aliphatic heterocycles. The molecule has 2 unspecified atom stereocenters. The summed E-state index contributed by atoms with van der Waals surface area (Å²) in [5, 5.41) is 0. The number of allylic oxidation sites excluding steroid dienone is 2. The maximum atomic E-state index is 5.80. The average Bonchev–Trinajstić information content (AvgIpc) is 3.70. The molecule has 1 heteroatoms. The molecule has 0 fully saturated rings. The Morgan fingerprint density at radius 3 is 1.09 bits per heavy atom. The molecule has 4 aromatic carbocycles. The molecule has 6 rings (SSSR count). The Bertz CT molecular complexity index is 2140. The zero-order valence-corrected chi connectivity index (χ0v) is 40.6. The summed E-state index contributed by atoms with van der Waals surface area (Å²) in [6.45, 7) is 30.5. The Labute approximate surface area is 324 Å². The Hall–Kier alpha value is -2.90. The van der Waals surface area contributed by atoms with Crippen molar-refractivity contribution in [2.75, 3.05) is 0 Å². The van der Waals surface area contributed by atoms with Crippen LogP contribution in [0.15, 0.2) is 84.9 Å². The van der Waals surface area contributed by atoms with Crippen LogP contribution in [0.5, 0.6) is 0 Å². The van der Waals surface area contributed by atoms with Crippen LogP contribution >= 0.6 is 0 Å². The second-order valence-corrected chi connectivity index (χ2v) is 78.8. The fourth-order valence-corrected chi connectivity index (χ4v) is 43.6. The van der Waals surface area contributed by atoms with Gasteiger partial charge in [0.2, 0.25) is 0 Å². The molecule has 0 N–H and O–H groups in total. The van der Waals surface area contributed by atoms with Gasteiger partial charge in [0.1, 0.15) is 0 Å². The molecule has 0 amide bonds. The predicted octanol–water partition coefficient (Wildman–Crippen LogP) is 16.2. The van der Waals surface area contributed by atoms with Crippen LogP contribution in [0.4, 0.5) is 0 Å². The summed E-state index contributed by atoms with van der Waals surface area (Å²) in [6, 6.07) is 29.0. The zero-order chi connectivity index (χ0) is 40.2. The Morgan fingerprint density at radius 1 is 0.500 bits per heavy atom. The minimum absolute atomic E-state index is 0.0592. The third-order valence-corrected chi connectivity index (χ3v) is 50.8. The summed E-state index contributed by atoms with van der Waals surface area (Å²) in [5.41, 5.74) is 16.9. The monoisotopic (exact) mass is 889 g/mol. The van der Waals surface area contributed by atoms with Crippen molar-refractivity contribution in [3.8, 4) is 22.3 Å². The summed E-state index contributed by atoms with van der Waals surface area (Å²) < 4.78 is 15.6. The number of hydrogen-bond donors (Lipinski definition) is 0. The van der Waals surface area contributed by atoms with Crippen molar-refractivity contribution >= 4 is 16.4 Å². The summed E-state index contributed by atoms with van der Waals surface area (Å²) in [5.74, 6) is 0. The number of rotatable bonds is 6. The van der Waals surface area contributed by atoms with Gasteiger partial charge in [0.05, 0.1) is 0 Å². The molecule has 54 heavy (non-hydrogen) atoms. The van der Waals surface area contributed by atoms with Crippen LogP contribution in [0.25, 0.3) is 34.4 Å². The van der Waals surface area contributed by atoms with Gasteiger partial charge in [0.25, 0.3) is 0 Å². The van der Waals surface area contributed by atoms with E-state index >= 15 is 0 Å². The molecule has 0 radical (unpaired) electrons. The van der Waals surface area contributed by atoms with Crippen LogP contribution < -0.4 is 0 Å². The standard InChI is InChI=1S/2C23H27.C3H7.3CH3.CH2.Hf/c2*1-22(2,3)18-13-17(14-19(15-18)23(4,5)6)21-12-8-10-16-9-7-11-20(16)21;1-3-2;;;;;/h2*7-15H,1-6H3;1,3H2,2H3;3*1H3;1H2;. The van der Waals surface area contributed by atoms with E-state index in [1.807, 2.05) is 0 Å². The van der Waals surface area contributed by atoms with Crippen LogP contribution in [0.3, 0.4) is 0 Å². The molecule has 4 aromatic rings. The van der Waals surface area contributed by atoms with Crippen molar-refractivity contribution in [1.82, 2.24) is 0 Å². The second-order valence-electron chi connectivity index (χ2n) is 25.2. The molecule has 288 valence electrons. The molecular weight excluding hydrogens is 815 g/mol. The van der Waals surface area contributed by atoms with E-state index in [-0.39, 0.29) is 29.0 Å². The van der Waals surface area contributed by atoms with Crippen LogP contribution in [0.2, 0.25) is 18.2 Å². The quantitative estimate of drug-likeness (QED) is 0.169. The summed E-state index contributed by atoms with van der Waals surface area (Å²) in [7, 11) is 0. The fraction of sp³-hybridized carbons (Fsp3) is 0.453. The molecule has 0 heterocycles. The molecule has 0 spiro atoms. The number of hydrogen-bond acceptors (Lipinski definition) is 0. The second kappa shape index (κ2) is 11.6. The Balaban J connectivity index is 1.56. The van der Waals surface area contributed by atoms with Gasteiger partial charge >= 0.3 is 327 Å². The average molecular weight is 888 g/mol. The van der Waals surface area contributed by atoms with Gasteiger partial charge in [-0.1, -0.05) is 0 Å². The minimum atomic E-state index is -5.32. The van der Waals surface area contributed by atoms with Crippen molar-refractivity contribution in [3.63, 3.8) is 0 Å². The van der Waals surface area contributed by atoms with Crippen LogP contribution in [0.1, 0.15) is 148 Å². The molecule has 2 aliphatic rings. The molecule has 2 atom stereocenters. The van der Waals surface area contributed by atoms with Crippen LogP contribution in [0, 0.1) is 0 Å². The molecule has 0 saturated heterocycles. The van der Waals surface area contributed by atoms with Crippen LogP contribution in [-0.4, -0.2) is 4.26 Å². The summed E-state index contributed by atoms with van der Waals surface area (Å²) >= 11 is -5.32. The van der Waals surface area contributed by atoms with Gasteiger partial charge in [-0.3, -0.25) is 0 Å². The molecule has 0 nitrogen and oxygen atoms in total. The van der Waals surface area contributed by atoms with E-state index in [9.17, 15) is 0 Å². The van der Waals surface area contributed by atoms with E-state index in [4.69, 9.17) is 4.26 Å². The van der Waals surface area contributed by atoms with Gasteiger partial charge < -0.3 is 0 Å². The SMILES string of the molecule is [CH2]=[Hf]([CH3])([CH3])([CH3])([CH2]CC)([CH]1C=Cc2c(-c3cc(C(C)(C)C)cc(C(C)(C)C)c3)cccc21)[CH]1C=Cc2c(-c3cc(C(C)(C)C)cc(C(C)(C)C)c3)cccc21. The van der Waals surface area contributed by atoms with E-state index in [1.165, 1.54) is 66.8 Å². The predicted molar refractivity (Wildman–Crippen MR) is 242 cm³/mol. The first-order valence-electron chi connectivity index (χ1n) is 20.9. The van der Waals surface area contributed by atoms with Crippen molar-refractivity contribution in [2.24, 2.45) is 0 Å². The third-order valence-electron chi connectivity index (χ3n) is 14.4. The van der Waals surface area contributed by atoms with Gasteiger partial charge in [0.15, 0.2) is 0 Å². The zero-order valence-electron chi connectivity index (χ0n) is 37.0. The first kappa shape index (κ1) is 40.8. The van der Waals surface area contributed by atoms with E-state index in [2.05, 4.69) is 201 Å². The van der Waals surface area contributed by atoms with Gasteiger partial charge in [-0.2, -0.15) is 0 Å². The third kappa shape index (κ3) is 6.71. The Kier molecular flexibility index (Phi) is 8.74. The van der Waals surface area contributed by atoms with Gasteiger partial charge in [-0.25, -0.2) is 0 Å². The van der Waals surface area contributed by atoms with E-state index in [1.54, 1.807) is 0 Å². The molecule has 0 saturated carbocycles. The maximum absolute atomic E-state index is 5.80. The molecule has 0 aromatic heterocycles. The summed E-state index contributed by atoms with van der Waals surface area (Å²) in [6.07, 6.45) is 11.3. The van der Waals surface area contributed by atoms with E-state index < -0.39 is 15.1 Å². The molecule has 0 bridgehead atoms. The van der Waals surface area contributed by atoms with Gasteiger partial charge in [-0.05, 0) is 0 Å².